The van der Waals surface area contributed by atoms with Crippen molar-refractivity contribution in [3.05, 3.63) is 24.3 Å². The molecule has 0 aliphatic carbocycles. The van der Waals surface area contributed by atoms with Gasteiger partial charge in [0.1, 0.15) is 6.42 Å². The Hall–Kier alpha value is -2.64. The third-order valence-electron chi connectivity index (χ3n) is 1.99. The van der Waals surface area contributed by atoms with Crippen LogP contribution in [0.2, 0.25) is 0 Å². The molecule has 4 N–H and O–H groups in total. The molecule has 0 saturated heterocycles. The van der Waals surface area contributed by atoms with E-state index in [0.717, 1.165) is 0 Å². The van der Waals surface area contributed by atoms with Crippen molar-refractivity contribution in [2.24, 2.45) is 11.5 Å². The van der Waals surface area contributed by atoms with Crippen LogP contribution < -0.4 is 11.5 Å². The number of amides is 2. The molecule has 0 unspecified atom stereocenters. The number of hydrogen-bond acceptors (Lipinski definition) is 6. The SMILES string of the molecule is C=C(C)C(=O)OC(CC(N)=O)(OC(=O)C(=C)C)C(N)=O. The quantitative estimate of drug-likeness (QED) is 0.359. The Morgan fingerprint density at radius 3 is 1.50 bits per heavy atom. The largest absolute Gasteiger partial charge is 0.409 e. The molecular formula is C12H16N2O6. The summed E-state index contributed by atoms with van der Waals surface area (Å²) in [5.41, 5.74) is 9.82. The van der Waals surface area contributed by atoms with Crippen LogP contribution in [-0.4, -0.2) is 29.5 Å². The fraction of sp³-hybridized carbons (Fsp3) is 0.333. The number of ether oxygens (including phenoxy) is 2. The lowest BCUT2D eigenvalue weighted by Crippen LogP contribution is -2.53. The van der Waals surface area contributed by atoms with Gasteiger partial charge >= 0.3 is 23.6 Å². The third-order valence-corrected chi connectivity index (χ3v) is 1.99. The Labute approximate surface area is 115 Å². The van der Waals surface area contributed by atoms with Crippen molar-refractivity contribution in [3.63, 3.8) is 0 Å². The molecule has 0 aliphatic rings. The summed E-state index contributed by atoms with van der Waals surface area (Å²) in [6.07, 6.45) is -0.916. The van der Waals surface area contributed by atoms with Crippen LogP contribution >= 0.6 is 0 Å². The van der Waals surface area contributed by atoms with E-state index in [2.05, 4.69) is 13.2 Å². The second kappa shape index (κ2) is 6.50. The number of rotatable bonds is 7. The van der Waals surface area contributed by atoms with Gasteiger partial charge in [0.05, 0.1) is 0 Å². The van der Waals surface area contributed by atoms with E-state index in [1.165, 1.54) is 13.8 Å². The Kier molecular flexibility index (Phi) is 5.65. The molecule has 0 atom stereocenters. The molecule has 0 aromatic heterocycles. The minimum atomic E-state index is -2.63. The van der Waals surface area contributed by atoms with E-state index >= 15 is 0 Å². The van der Waals surface area contributed by atoms with E-state index in [1.807, 2.05) is 0 Å². The van der Waals surface area contributed by atoms with E-state index in [4.69, 9.17) is 20.9 Å². The van der Waals surface area contributed by atoms with Crippen LogP contribution in [0, 0.1) is 0 Å². The summed E-state index contributed by atoms with van der Waals surface area (Å²) < 4.78 is 9.39. The molecule has 0 radical (unpaired) electrons. The molecule has 0 spiro atoms. The molecule has 0 aromatic carbocycles. The van der Waals surface area contributed by atoms with E-state index in [-0.39, 0.29) is 11.1 Å². The highest BCUT2D eigenvalue weighted by atomic mass is 16.7. The third kappa shape index (κ3) is 4.56. The average Bonchev–Trinajstić information content (AvgIpc) is 2.26. The van der Waals surface area contributed by atoms with Crippen molar-refractivity contribution in [1.82, 2.24) is 0 Å². The Balaban J connectivity index is 5.57. The molecule has 8 heteroatoms. The van der Waals surface area contributed by atoms with E-state index < -0.39 is 36.0 Å². The maximum absolute atomic E-state index is 11.5. The van der Waals surface area contributed by atoms with Gasteiger partial charge in [-0.1, -0.05) is 13.2 Å². The molecule has 20 heavy (non-hydrogen) atoms. The van der Waals surface area contributed by atoms with Gasteiger partial charge in [0.25, 0.3) is 0 Å². The molecule has 0 rings (SSSR count). The first-order valence-electron chi connectivity index (χ1n) is 5.37. The molecule has 0 aromatic rings. The summed E-state index contributed by atoms with van der Waals surface area (Å²) in [5, 5.41) is 0. The fourth-order valence-corrected chi connectivity index (χ4v) is 0.984. The van der Waals surface area contributed by atoms with Crippen LogP contribution in [0.1, 0.15) is 20.3 Å². The maximum Gasteiger partial charge on any atom is 0.345 e. The monoisotopic (exact) mass is 284 g/mol. The smallest absolute Gasteiger partial charge is 0.345 e. The highest BCUT2D eigenvalue weighted by Crippen LogP contribution is 2.21. The zero-order valence-electron chi connectivity index (χ0n) is 11.2. The lowest BCUT2D eigenvalue weighted by Gasteiger charge is -2.28. The standard InChI is InChI=1S/C12H16N2O6/c1-6(2)9(16)19-12(11(14)18,5-8(13)15)20-10(17)7(3)4/h1,3,5H2,2,4H3,(H2,13,15)(H2,14,18). The first-order valence-corrected chi connectivity index (χ1v) is 5.37. The molecule has 0 bridgehead atoms. The number of hydrogen-bond donors (Lipinski definition) is 2. The van der Waals surface area contributed by atoms with Gasteiger partial charge in [-0.25, -0.2) is 9.59 Å². The number of esters is 2. The average molecular weight is 284 g/mol. The number of carbonyl (C=O) groups is 4. The number of carbonyl (C=O) groups excluding carboxylic acids is 4. The van der Waals surface area contributed by atoms with Crippen molar-refractivity contribution in [3.8, 4) is 0 Å². The van der Waals surface area contributed by atoms with E-state index in [0.29, 0.717) is 0 Å². The molecule has 0 saturated carbocycles. The van der Waals surface area contributed by atoms with Gasteiger partial charge in [-0.05, 0) is 13.8 Å². The summed E-state index contributed by atoms with van der Waals surface area (Å²) in [7, 11) is 0. The van der Waals surface area contributed by atoms with Crippen molar-refractivity contribution in [1.29, 1.82) is 0 Å². The summed E-state index contributed by atoms with van der Waals surface area (Å²) in [5.74, 6) is -7.19. The van der Waals surface area contributed by atoms with Gasteiger partial charge in [0, 0.05) is 11.1 Å². The topological polar surface area (TPSA) is 139 Å². The van der Waals surface area contributed by atoms with Crippen molar-refractivity contribution >= 4 is 23.8 Å². The Morgan fingerprint density at radius 1 is 0.950 bits per heavy atom. The predicted molar refractivity (Wildman–Crippen MR) is 67.5 cm³/mol. The summed E-state index contributed by atoms with van der Waals surface area (Å²) in [6, 6.07) is 0. The number of nitrogens with two attached hydrogens (primary N) is 2. The zero-order chi connectivity index (χ0) is 16.1. The second-order valence-electron chi connectivity index (χ2n) is 4.10. The highest BCUT2D eigenvalue weighted by Gasteiger charge is 2.47. The number of primary amides is 2. The van der Waals surface area contributed by atoms with Crippen molar-refractivity contribution in [2.75, 3.05) is 0 Å². The first kappa shape index (κ1) is 17.4. The Bertz CT molecular complexity index is 466. The molecule has 0 heterocycles. The highest BCUT2D eigenvalue weighted by molar-refractivity contribution is 5.97. The molecule has 0 fully saturated rings. The summed E-state index contributed by atoms with van der Waals surface area (Å²) in [6.45, 7) is 9.16. The lowest BCUT2D eigenvalue weighted by atomic mass is 10.1. The molecule has 2 amide bonds. The van der Waals surface area contributed by atoms with Gasteiger partial charge in [-0.2, -0.15) is 0 Å². The zero-order valence-corrected chi connectivity index (χ0v) is 11.2. The van der Waals surface area contributed by atoms with E-state index in [1.54, 1.807) is 0 Å². The van der Waals surface area contributed by atoms with Crippen LogP contribution in [0.25, 0.3) is 0 Å². The van der Waals surface area contributed by atoms with Crippen LogP contribution in [0.4, 0.5) is 0 Å². The Morgan fingerprint density at radius 2 is 1.30 bits per heavy atom. The lowest BCUT2D eigenvalue weighted by molar-refractivity contribution is -0.222. The molecule has 110 valence electrons. The maximum atomic E-state index is 11.5. The minimum Gasteiger partial charge on any atom is -0.409 e. The van der Waals surface area contributed by atoms with E-state index in [9.17, 15) is 19.2 Å². The van der Waals surface area contributed by atoms with Crippen molar-refractivity contribution in [2.45, 2.75) is 26.1 Å². The van der Waals surface area contributed by atoms with Gasteiger partial charge in [0.2, 0.25) is 5.91 Å². The van der Waals surface area contributed by atoms with Gasteiger partial charge in [-0.15, -0.1) is 0 Å². The van der Waals surface area contributed by atoms with Crippen LogP contribution in [0.5, 0.6) is 0 Å². The normalized spacial score (nSPS) is 10.3. The van der Waals surface area contributed by atoms with Crippen LogP contribution in [-0.2, 0) is 28.7 Å². The van der Waals surface area contributed by atoms with Crippen LogP contribution in [0.15, 0.2) is 24.3 Å². The predicted octanol–water partition coefficient (Wildman–Crippen LogP) is -0.718. The van der Waals surface area contributed by atoms with Gasteiger partial charge < -0.3 is 20.9 Å². The molecule has 8 nitrogen and oxygen atoms in total. The minimum absolute atomic E-state index is 0.0912. The summed E-state index contributed by atoms with van der Waals surface area (Å²) >= 11 is 0. The summed E-state index contributed by atoms with van der Waals surface area (Å²) in [4.78, 5) is 45.5. The van der Waals surface area contributed by atoms with Gasteiger partial charge in [-0.3, -0.25) is 9.59 Å². The fourth-order valence-electron chi connectivity index (χ4n) is 0.984. The second-order valence-corrected chi connectivity index (χ2v) is 4.10. The molecular weight excluding hydrogens is 268 g/mol. The van der Waals surface area contributed by atoms with Gasteiger partial charge in [0.15, 0.2) is 0 Å². The first-order chi connectivity index (χ1) is 9.01. The van der Waals surface area contributed by atoms with Crippen LogP contribution in [0.3, 0.4) is 0 Å². The molecule has 0 aliphatic heterocycles. The van der Waals surface area contributed by atoms with Crippen molar-refractivity contribution < 1.29 is 28.7 Å².